The lowest BCUT2D eigenvalue weighted by molar-refractivity contribution is -0.149. The number of likely N-dealkylation sites (tertiary alicyclic amines) is 1. The number of carbonyl (C=O) groups excluding carboxylic acids is 1. The molecular weight excluding hydrogens is 230 g/mol. The van der Waals surface area contributed by atoms with Crippen molar-refractivity contribution in [2.45, 2.75) is 71.9 Å². The molecule has 0 aromatic carbocycles. The van der Waals surface area contributed by atoms with Crippen molar-refractivity contribution < 1.29 is 14.7 Å². The van der Waals surface area contributed by atoms with Gasteiger partial charge in [-0.25, -0.2) is 4.79 Å². The summed E-state index contributed by atoms with van der Waals surface area (Å²) in [5, 5.41) is 9.20. The molecule has 0 radical (unpaired) electrons. The number of rotatable bonds is 1. The molecule has 2 aliphatic rings. The third-order valence-corrected chi connectivity index (χ3v) is 4.26. The molecule has 0 bridgehead atoms. The van der Waals surface area contributed by atoms with Crippen LogP contribution in [0.1, 0.15) is 59.8 Å². The molecule has 4 nitrogen and oxygen atoms in total. The van der Waals surface area contributed by atoms with E-state index in [0.29, 0.717) is 6.42 Å². The van der Waals surface area contributed by atoms with Gasteiger partial charge in [0.25, 0.3) is 0 Å². The SMILES string of the molecule is CC.CC(=O)N1C2CCCC[C@@]2(C)C[C@H]1C(=O)O. The molecule has 1 saturated carbocycles. The van der Waals surface area contributed by atoms with E-state index in [1.54, 1.807) is 4.90 Å². The molecule has 1 heterocycles. The largest absolute Gasteiger partial charge is 0.480 e. The number of carboxylic acids is 1. The second kappa shape index (κ2) is 5.72. The molecular formula is C14H25NO3. The van der Waals surface area contributed by atoms with Gasteiger partial charge in [-0.2, -0.15) is 0 Å². The van der Waals surface area contributed by atoms with Crippen LogP contribution in [0, 0.1) is 5.41 Å². The number of carboxylic acid groups (broad SMARTS) is 1. The van der Waals surface area contributed by atoms with E-state index in [9.17, 15) is 14.7 Å². The zero-order valence-electron chi connectivity index (χ0n) is 11.9. The first-order valence-electron chi connectivity index (χ1n) is 6.97. The number of hydrogen-bond donors (Lipinski definition) is 1. The van der Waals surface area contributed by atoms with Gasteiger partial charge in [-0.05, 0) is 24.7 Å². The van der Waals surface area contributed by atoms with Gasteiger partial charge in [0.15, 0.2) is 0 Å². The molecule has 0 spiro atoms. The highest BCUT2D eigenvalue weighted by molar-refractivity contribution is 5.83. The van der Waals surface area contributed by atoms with Gasteiger partial charge in [0.05, 0.1) is 0 Å². The number of amides is 1. The Labute approximate surface area is 109 Å². The molecule has 3 atom stereocenters. The van der Waals surface area contributed by atoms with Crippen LogP contribution in [-0.4, -0.2) is 34.0 Å². The molecule has 0 aromatic heterocycles. The predicted octanol–water partition coefficient (Wildman–Crippen LogP) is 2.67. The third-order valence-electron chi connectivity index (χ3n) is 4.26. The molecule has 1 aliphatic carbocycles. The second-order valence-corrected chi connectivity index (χ2v) is 5.40. The number of fused-ring (bicyclic) bond motifs is 1. The average Bonchev–Trinajstić information content (AvgIpc) is 2.65. The van der Waals surface area contributed by atoms with E-state index in [0.717, 1.165) is 25.7 Å². The van der Waals surface area contributed by atoms with Crippen molar-refractivity contribution in [3.8, 4) is 0 Å². The summed E-state index contributed by atoms with van der Waals surface area (Å²) in [5.41, 5.74) is 0.0208. The maximum Gasteiger partial charge on any atom is 0.326 e. The Kier molecular flexibility index (Phi) is 4.77. The van der Waals surface area contributed by atoms with Crippen molar-refractivity contribution in [1.82, 2.24) is 4.90 Å². The molecule has 0 aromatic rings. The molecule has 104 valence electrons. The average molecular weight is 255 g/mol. The van der Waals surface area contributed by atoms with Crippen LogP contribution >= 0.6 is 0 Å². The van der Waals surface area contributed by atoms with Gasteiger partial charge in [-0.15, -0.1) is 0 Å². The smallest absolute Gasteiger partial charge is 0.326 e. The van der Waals surface area contributed by atoms with Crippen molar-refractivity contribution in [1.29, 1.82) is 0 Å². The van der Waals surface area contributed by atoms with E-state index in [2.05, 4.69) is 6.92 Å². The van der Waals surface area contributed by atoms with E-state index in [1.165, 1.54) is 6.92 Å². The van der Waals surface area contributed by atoms with Gasteiger partial charge in [0, 0.05) is 13.0 Å². The summed E-state index contributed by atoms with van der Waals surface area (Å²) < 4.78 is 0. The summed E-state index contributed by atoms with van der Waals surface area (Å²) in [6.45, 7) is 7.62. The highest BCUT2D eigenvalue weighted by atomic mass is 16.4. The first-order chi connectivity index (χ1) is 8.46. The number of aliphatic carboxylic acids is 1. The minimum Gasteiger partial charge on any atom is -0.480 e. The van der Waals surface area contributed by atoms with Gasteiger partial charge in [-0.1, -0.05) is 33.6 Å². The lowest BCUT2D eigenvalue weighted by Gasteiger charge is -2.39. The van der Waals surface area contributed by atoms with Crippen LogP contribution in [-0.2, 0) is 9.59 Å². The molecule has 2 rings (SSSR count). The molecule has 1 N–H and O–H groups in total. The van der Waals surface area contributed by atoms with E-state index >= 15 is 0 Å². The Hall–Kier alpha value is -1.06. The minimum atomic E-state index is -0.856. The fourth-order valence-corrected chi connectivity index (χ4v) is 3.50. The molecule has 2 fully saturated rings. The van der Waals surface area contributed by atoms with Crippen LogP contribution in [0.25, 0.3) is 0 Å². The summed E-state index contributed by atoms with van der Waals surface area (Å²) in [7, 11) is 0. The van der Waals surface area contributed by atoms with E-state index in [-0.39, 0.29) is 17.4 Å². The van der Waals surface area contributed by atoms with E-state index in [1.807, 2.05) is 13.8 Å². The van der Waals surface area contributed by atoms with Crippen LogP contribution in [0.3, 0.4) is 0 Å². The topological polar surface area (TPSA) is 57.6 Å². The van der Waals surface area contributed by atoms with Crippen molar-refractivity contribution >= 4 is 11.9 Å². The van der Waals surface area contributed by atoms with E-state index in [4.69, 9.17) is 0 Å². The van der Waals surface area contributed by atoms with Gasteiger partial charge in [0.1, 0.15) is 6.04 Å². The fraction of sp³-hybridized carbons (Fsp3) is 0.857. The summed E-state index contributed by atoms with van der Waals surface area (Å²) in [6.07, 6.45) is 4.89. The van der Waals surface area contributed by atoms with Crippen molar-refractivity contribution in [2.75, 3.05) is 0 Å². The Bertz CT molecular complexity index is 329. The summed E-state index contributed by atoms with van der Waals surface area (Å²) in [6, 6.07) is -0.467. The Morgan fingerprint density at radius 2 is 1.89 bits per heavy atom. The fourth-order valence-electron chi connectivity index (χ4n) is 3.50. The monoisotopic (exact) mass is 255 g/mol. The van der Waals surface area contributed by atoms with Crippen molar-refractivity contribution in [3.05, 3.63) is 0 Å². The van der Waals surface area contributed by atoms with Crippen LogP contribution in [0.15, 0.2) is 0 Å². The highest BCUT2D eigenvalue weighted by Crippen LogP contribution is 2.49. The highest BCUT2D eigenvalue weighted by Gasteiger charge is 2.53. The number of carbonyl (C=O) groups is 2. The molecule has 4 heteroatoms. The summed E-state index contributed by atoms with van der Waals surface area (Å²) in [4.78, 5) is 24.4. The normalized spacial score (nSPS) is 34.3. The zero-order valence-corrected chi connectivity index (χ0v) is 11.9. The maximum atomic E-state index is 11.6. The summed E-state index contributed by atoms with van der Waals surface area (Å²) in [5.74, 6) is -0.950. The van der Waals surface area contributed by atoms with Gasteiger partial charge in [-0.3, -0.25) is 4.79 Å². The van der Waals surface area contributed by atoms with Gasteiger partial charge < -0.3 is 10.0 Å². The van der Waals surface area contributed by atoms with Crippen LogP contribution in [0.5, 0.6) is 0 Å². The molecule has 1 amide bonds. The van der Waals surface area contributed by atoms with Crippen molar-refractivity contribution in [2.24, 2.45) is 5.41 Å². The van der Waals surface area contributed by atoms with Gasteiger partial charge in [0.2, 0.25) is 5.91 Å². The Morgan fingerprint density at radius 3 is 2.39 bits per heavy atom. The van der Waals surface area contributed by atoms with E-state index < -0.39 is 12.0 Å². The second-order valence-electron chi connectivity index (χ2n) is 5.40. The third kappa shape index (κ3) is 2.52. The lowest BCUT2D eigenvalue weighted by atomic mass is 9.71. The Balaban J connectivity index is 0.000000771. The number of hydrogen-bond acceptors (Lipinski definition) is 2. The first kappa shape index (κ1) is 15.0. The zero-order chi connectivity index (χ0) is 13.9. The molecule has 1 unspecified atom stereocenters. The molecule has 1 saturated heterocycles. The van der Waals surface area contributed by atoms with Crippen LogP contribution < -0.4 is 0 Å². The maximum absolute atomic E-state index is 11.6. The molecule has 1 aliphatic heterocycles. The lowest BCUT2D eigenvalue weighted by Crippen LogP contribution is -2.46. The van der Waals surface area contributed by atoms with Crippen LogP contribution in [0.4, 0.5) is 0 Å². The Morgan fingerprint density at radius 1 is 1.28 bits per heavy atom. The number of nitrogens with zero attached hydrogens (tertiary/aromatic N) is 1. The van der Waals surface area contributed by atoms with Crippen LogP contribution in [0.2, 0.25) is 0 Å². The molecule has 18 heavy (non-hydrogen) atoms. The predicted molar refractivity (Wildman–Crippen MR) is 70.3 cm³/mol. The minimum absolute atomic E-state index is 0.0208. The van der Waals surface area contributed by atoms with Crippen molar-refractivity contribution in [3.63, 3.8) is 0 Å². The van der Waals surface area contributed by atoms with Gasteiger partial charge >= 0.3 is 5.97 Å². The quantitative estimate of drug-likeness (QED) is 0.783. The standard InChI is InChI=1S/C12H19NO3.C2H6/c1-8(14)13-9(11(15)16)7-12(2)6-4-3-5-10(12)13;1-2/h9-10H,3-7H2,1-2H3,(H,15,16);1-2H3/t9-,10?,12-;/m0./s1. The summed E-state index contributed by atoms with van der Waals surface area (Å²) >= 11 is 0. The first-order valence-corrected chi connectivity index (χ1v) is 6.97.